The molecule has 6 nitrogen and oxygen atoms in total. The van der Waals surface area contributed by atoms with Crippen molar-refractivity contribution in [2.24, 2.45) is 0 Å². The fourth-order valence-electron chi connectivity index (χ4n) is 4.10. The number of pyridine rings is 1. The lowest BCUT2D eigenvalue weighted by Crippen LogP contribution is -2.31. The molecule has 1 atom stereocenters. The van der Waals surface area contributed by atoms with Gasteiger partial charge in [-0.05, 0) is 79.1 Å². The Hall–Kier alpha value is -3.90. The summed E-state index contributed by atoms with van der Waals surface area (Å²) in [4.78, 5) is 32.3. The van der Waals surface area contributed by atoms with Crippen molar-refractivity contribution in [3.8, 4) is 0 Å². The van der Waals surface area contributed by atoms with Gasteiger partial charge in [-0.15, -0.1) is 0 Å². The Balaban J connectivity index is 1.66. The smallest absolute Gasteiger partial charge is 0.294 e. The second-order valence-electron chi connectivity index (χ2n) is 8.01. The van der Waals surface area contributed by atoms with Crippen LogP contribution in [0.25, 0.3) is 11.0 Å². The van der Waals surface area contributed by atoms with Crippen molar-refractivity contribution >= 4 is 39.9 Å². The molecule has 2 aromatic carbocycles. The summed E-state index contributed by atoms with van der Waals surface area (Å²) in [5, 5.41) is 12.0. The van der Waals surface area contributed by atoms with Gasteiger partial charge in [0, 0.05) is 28.5 Å². The fraction of sp³-hybridized carbons (Fsp3) is 0.115. The quantitative estimate of drug-likeness (QED) is 0.386. The van der Waals surface area contributed by atoms with E-state index in [0.29, 0.717) is 27.2 Å². The van der Waals surface area contributed by atoms with Gasteiger partial charge in [0.05, 0.1) is 11.6 Å². The second kappa shape index (κ2) is 7.90. The normalized spacial score (nSPS) is 16.2. The van der Waals surface area contributed by atoms with Gasteiger partial charge in [0.1, 0.15) is 5.58 Å². The first-order chi connectivity index (χ1) is 15.8. The van der Waals surface area contributed by atoms with Crippen molar-refractivity contribution in [2.45, 2.75) is 19.9 Å². The van der Waals surface area contributed by atoms with Crippen molar-refractivity contribution in [2.75, 3.05) is 4.90 Å². The summed E-state index contributed by atoms with van der Waals surface area (Å²) in [6.07, 6.45) is 3.16. The van der Waals surface area contributed by atoms with E-state index in [1.165, 1.54) is 4.90 Å². The third-order valence-corrected chi connectivity index (χ3v) is 6.18. The van der Waals surface area contributed by atoms with Crippen molar-refractivity contribution in [3.05, 3.63) is 106 Å². The Morgan fingerprint density at radius 1 is 1.03 bits per heavy atom. The highest BCUT2D eigenvalue weighted by Gasteiger charge is 2.45. The molecule has 0 fully saturated rings. The summed E-state index contributed by atoms with van der Waals surface area (Å²) in [6.45, 7) is 3.92. The van der Waals surface area contributed by atoms with Crippen molar-refractivity contribution < 1.29 is 19.1 Å². The minimum atomic E-state index is -0.841. The Labute approximate surface area is 194 Å². The van der Waals surface area contributed by atoms with E-state index in [-0.39, 0.29) is 11.3 Å². The molecule has 1 unspecified atom stereocenters. The number of hydrogen-bond donors (Lipinski definition) is 1. The first kappa shape index (κ1) is 21.0. The van der Waals surface area contributed by atoms with E-state index in [1.807, 2.05) is 26.0 Å². The minimum Gasteiger partial charge on any atom is -0.503 e. The second-order valence-corrected chi connectivity index (χ2v) is 8.45. The summed E-state index contributed by atoms with van der Waals surface area (Å²) in [6, 6.07) is 14.8. The number of amides is 1. The lowest BCUT2D eigenvalue weighted by atomic mass is 9.95. The largest absolute Gasteiger partial charge is 0.503 e. The molecule has 0 radical (unpaired) electrons. The predicted octanol–water partition coefficient (Wildman–Crippen LogP) is 5.88. The van der Waals surface area contributed by atoms with E-state index >= 15 is 0 Å². The highest BCUT2D eigenvalue weighted by atomic mass is 35.5. The number of carbonyl (C=O) groups is 2. The van der Waals surface area contributed by atoms with Gasteiger partial charge in [-0.1, -0.05) is 17.7 Å². The maximum Gasteiger partial charge on any atom is 0.294 e. The molecule has 0 aliphatic carbocycles. The SMILES string of the molecule is Cc1ccc(N2C(=O)C(O)=C(C(=O)c3cc4cc(Cl)ccc4o3)C2c2ccncc2)cc1C. The van der Waals surface area contributed by atoms with Crippen LogP contribution in [0.1, 0.15) is 33.3 Å². The van der Waals surface area contributed by atoms with Crippen LogP contribution in [0.5, 0.6) is 0 Å². The molecule has 2 aromatic heterocycles. The zero-order chi connectivity index (χ0) is 23.3. The number of aliphatic hydroxyl groups excluding tert-OH is 1. The number of rotatable bonds is 4. The van der Waals surface area contributed by atoms with Gasteiger partial charge in [-0.3, -0.25) is 19.5 Å². The van der Waals surface area contributed by atoms with E-state index in [4.69, 9.17) is 16.0 Å². The Morgan fingerprint density at radius 2 is 1.79 bits per heavy atom. The third kappa shape index (κ3) is 3.49. The number of furan rings is 1. The Kier molecular flexibility index (Phi) is 5.02. The molecule has 0 saturated carbocycles. The van der Waals surface area contributed by atoms with Gasteiger partial charge in [0.2, 0.25) is 5.78 Å². The third-order valence-electron chi connectivity index (χ3n) is 5.95. The number of ketones is 1. The van der Waals surface area contributed by atoms with Gasteiger partial charge in [-0.25, -0.2) is 0 Å². The van der Waals surface area contributed by atoms with Crippen molar-refractivity contribution in [3.63, 3.8) is 0 Å². The molecule has 7 heteroatoms. The summed E-state index contributed by atoms with van der Waals surface area (Å²) >= 11 is 6.06. The van der Waals surface area contributed by atoms with E-state index < -0.39 is 23.5 Å². The summed E-state index contributed by atoms with van der Waals surface area (Å²) in [5.41, 5.74) is 3.72. The molecule has 1 amide bonds. The van der Waals surface area contributed by atoms with E-state index in [1.54, 1.807) is 54.9 Å². The topological polar surface area (TPSA) is 83.6 Å². The molecule has 164 valence electrons. The number of fused-ring (bicyclic) bond motifs is 1. The summed E-state index contributed by atoms with van der Waals surface area (Å²) in [5.74, 6) is -1.80. The van der Waals surface area contributed by atoms with E-state index in [9.17, 15) is 14.7 Å². The van der Waals surface area contributed by atoms with Crippen LogP contribution in [0.2, 0.25) is 5.02 Å². The number of hydrogen-bond acceptors (Lipinski definition) is 5. The molecular weight excluding hydrogens is 440 g/mol. The molecule has 0 saturated heterocycles. The highest BCUT2D eigenvalue weighted by molar-refractivity contribution is 6.31. The lowest BCUT2D eigenvalue weighted by Gasteiger charge is -2.27. The van der Waals surface area contributed by atoms with Gasteiger partial charge in [0.15, 0.2) is 11.5 Å². The number of Topliss-reactive ketones (excluding diaryl/α,β-unsaturated/α-hetero) is 1. The van der Waals surface area contributed by atoms with Gasteiger partial charge in [-0.2, -0.15) is 0 Å². The highest BCUT2D eigenvalue weighted by Crippen LogP contribution is 2.42. The molecule has 1 aliphatic heterocycles. The van der Waals surface area contributed by atoms with Crippen LogP contribution in [0, 0.1) is 13.8 Å². The molecular formula is C26H19ClN2O4. The molecule has 1 aliphatic rings. The minimum absolute atomic E-state index is 0.0163. The molecule has 5 rings (SSSR count). The summed E-state index contributed by atoms with van der Waals surface area (Å²) in [7, 11) is 0. The van der Waals surface area contributed by atoms with Crippen LogP contribution in [-0.2, 0) is 4.79 Å². The predicted molar refractivity (Wildman–Crippen MR) is 126 cm³/mol. The average Bonchev–Trinajstić information content (AvgIpc) is 3.34. The number of aromatic nitrogens is 1. The zero-order valence-corrected chi connectivity index (χ0v) is 18.6. The number of anilines is 1. The average molecular weight is 459 g/mol. The lowest BCUT2D eigenvalue weighted by molar-refractivity contribution is -0.117. The molecule has 4 aromatic rings. The van der Waals surface area contributed by atoms with Gasteiger partial charge < -0.3 is 9.52 Å². The molecule has 3 heterocycles. The van der Waals surface area contributed by atoms with Gasteiger partial charge in [0.25, 0.3) is 5.91 Å². The molecule has 1 N–H and O–H groups in total. The van der Waals surface area contributed by atoms with Crippen LogP contribution in [0.4, 0.5) is 5.69 Å². The number of benzene rings is 2. The Bertz CT molecular complexity index is 1460. The van der Waals surface area contributed by atoms with E-state index in [2.05, 4.69) is 4.98 Å². The summed E-state index contributed by atoms with van der Waals surface area (Å²) < 4.78 is 5.75. The number of aryl methyl sites for hydroxylation is 2. The zero-order valence-electron chi connectivity index (χ0n) is 17.9. The maximum atomic E-state index is 13.6. The molecule has 33 heavy (non-hydrogen) atoms. The Morgan fingerprint density at radius 3 is 2.52 bits per heavy atom. The number of aliphatic hydroxyl groups is 1. The van der Waals surface area contributed by atoms with E-state index in [0.717, 1.165) is 11.1 Å². The van der Waals surface area contributed by atoms with Crippen LogP contribution >= 0.6 is 11.6 Å². The standard InChI is InChI=1S/C26H19ClN2O4/c1-14-3-5-19(11-15(14)2)29-23(16-7-9-28-10-8-16)22(25(31)26(29)32)24(30)21-13-17-12-18(27)4-6-20(17)33-21/h3-13,23,31H,1-2H3. The molecule has 0 spiro atoms. The van der Waals surface area contributed by atoms with Crippen molar-refractivity contribution in [1.29, 1.82) is 0 Å². The van der Waals surface area contributed by atoms with Crippen LogP contribution in [-0.4, -0.2) is 21.8 Å². The maximum absolute atomic E-state index is 13.6. The number of halogens is 1. The number of carbonyl (C=O) groups excluding carboxylic acids is 2. The van der Waals surface area contributed by atoms with Crippen molar-refractivity contribution in [1.82, 2.24) is 4.98 Å². The van der Waals surface area contributed by atoms with Gasteiger partial charge >= 0.3 is 0 Å². The van der Waals surface area contributed by atoms with Crippen LogP contribution < -0.4 is 4.90 Å². The monoisotopic (exact) mass is 458 g/mol. The fourth-order valence-corrected chi connectivity index (χ4v) is 4.28. The number of nitrogens with zero attached hydrogens (tertiary/aromatic N) is 2. The first-order valence-corrected chi connectivity index (χ1v) is 10.7. The van der Waals surface area contributed by atoms with Crippen LogP contribution in [0.3, 0.4) is 0 Å². The first-order valence-electron chi connectivity index (χ1n) is 10.3. The molecule has 0 bridgehead atoms. The van der Waals surface area contributed by atoms with Crippen LogP contribution in [0.15, 0.2) is 82.7 Å².